The van der Waals surface area contributed by atoms with E-state index < -0.39 is 0 Å². The van der Waals surface area contributed by atoms with Crippen LogP contribution in [-0.4, -0.2) is 0 Å². The molecule has 0 unspecified atom stereocenters. The molecule has 2 nitrogen and oxygen atoms in total. The average Bonchev–Trinajstić information content (AvgIpc) is 2.67. The van der Waals surface area contributed by atoms with Crippen molar-refractivity contribution in [2.24, 2.45) is 0 Å². The van der Waals surface area contributed by atoms with Gasteiger partial charge in [-0.25, -0.2) is 0 Å². The molecule has 0 spiro atoms. The zero-order valence-corrected chi connectivity index (χ0v) is 16.4. The Balaban J connectivity index is 1.86. The van der Waals surface area contributed by atoms with Gasteiger partial charge in [-0.15, -0.1) is 0 Å². The second-order valence-corrected chi connectivity index (χ2v) is 6.95. The van der Waals surface area contributed by atoms with Gasteiger partial charge >= 0.3 is 0 Å². The Morgan fingerprint density at radius 1 is 0.889 bits per heavy atom. The van der Waals surface area contributed by atoms with Crippen molar-refractivity contribution in [3.8, 4) is 11.8 Å². The summed E-state index contributed by atoms with van der Waals surface area (Å²) in [4.78, 5) is 0. The minimum atomic E-state index is 0.252. The lowest BCUT2D eigenvalue weighted by atomic mass is 10.0. The highest BCUT2D eigenvalue weighted by atomic mass is 35.5. The van der Waals surface area contributed by atoms with Crippen LogP contribution in [0.2, 0.25) is 15.1 Å². The number of rotatable bonds is 5. The molecule has 5 heteroatoms. The first-order chi connectivity index (χ1) is 13.1. The zero-order chi connectivity index (χ0) is 19.2. The van der Waals surface area contributed by atoms with E-state index in [9.17, 15) is 5.26 Å². The summed E-state index contributed by atoms with van der Waals surface area (Å²) in [6.45, 7) is 0.252. The summed E-state index contributed by atoms with van der Waals surface area (Å²) < 4.78 is 5.77. The lowest BCUT2D eigenvalue weighted by Gasteiger charge is -2.12. The van der Waals surface area contributed by atoms with Crippen molar-refractivity contribution in [1.29, 1.82) is 5.26 Å². The zero-order valence-electron chi connectivity index (χ0n) is 14.1. The Morgan fingerprint density at radius 3 is 2.15 bits per heavy atom. The van der Waals surface area contributed by atoms with E-state index in [0.717, 1.165) is 16.7 Å². The van der Waals surface area contributed by atoms with Crippen molar-refractivity contribution in [2.45, 2.75) is 6.61 Å². The predicted molar refractivity (Wildman–Crippen MR) is 112 cm³/mol. The van der Waals surface area contributed by atoms with Gasteiger partial charge in [-0.1, -0.05) is 83.3 Å². The van der Waals surface area contributed by atoms with Crippen LogP contribution >= 0.6 is 34.8 Å². The SMILES string of the molecule is N#C/C(=C\c1cc(Cl)c(OCc2ccccc2Cl)c(Cl)c1)c1ccccc1. The van der Waals surface area contributed by atoms with Crippen LogP contribution in [0.25, 0.3) is 11.6 Å². The molecule has 0 saturated carbocycles. The Bertz CT molecular complexity index is 1000. The molecule has 27 heavy (non-hydrogen) atoms. The molecule has 134 valence electrons. The van der Waals surface area contributed by atoms with E-state index in [-0.39, 0.29) is 6.61 Å². The molecule has 0 amide bonds. The molecule has 0 aliphatic heterocycles. The van der Waals surface area contributed by atoms with Crippen molar-refractivity contribution < 1.29 is 4.74 Å². The largest absolute Gasteiger partial charge is 0.486 e. The molecule has 3 aromatic carbocycles. The fourth-order valence-electron chi connectivity index (χ4n) is 2.53. The van der Waals surface area contributed by atoms with E-state index in [2.05, 4.69) is 6.07 Å². The Hall–Kier alpha value is -2.44. The van der Waals surface area contributed by atoms with Gasteiger partial charge in [-0.05, 0) is 35.4 Å². The van der Waals surface area contributed by atoms with Crippen molar-refractivity contribution in [1.82, 2.24) is 0 Å². The van der Waals surface area contributed by atoms with Gasteiger partial charge in [0.25, 0.3) is 0 Å². The first kappa shape index (κ1) is 19.3. The highest BCUT2D eigenvalue weighted by Gasteiger charge is 2.11. The minimum absolute atomic E-state index is 0.252. The van der Waals surface area contributed by atoms with Crippen LogP contribution in [-0.2, 0) is 6.61 Å². The number of nitrogens with zero attached hydrogens (tertiary/aromatic N) is 1. The van der Waals surface area contributed by atoms with Crippen molar-refractivity contribution in [3.63, 3.8) is 0 Å². The second kappa shape index (κ2) is 8.97. The Labute approximate surface area is 173 Å². The second-order valence-electron chi connectivity index (χ2n) is 5.73. The normalized spacial score (nSPS) is 11.1. The Morgan fingerprint density at radius 2 is 1.52 bits per heavy atom. The molecule has 0 saturated heterocycles. The summed E-state index contributed by atoms with van der Waals surface area (Å²) in [5, 5.41) is 10.8. The maximum atomic E-state index is 9.45. The molecule has 3 aromatic rings. The van der Waals surface area contributed by atoms with Crippen molar-refractivity contribution >= 4 is 46.5 Å². The number of halogens is 3. The van der Waals surface area contributed by atoms with Crippen molar-refractivity contribution in [2.75, 3.05) is 0 Å². The first-order valence-electron chi connectivity index (χ1n) is 8.11. The molecule has 0 N–H and O–H groups in total. The molecule has 0 aliphatic rings. The first-order valence-corrected chi connectivity index (χ1v) is 9.24. The third kappa shape index (κ3) is 4.84. The molecule has 3 rings (SSSR count). The maximum Gasteiger partial charge on any atom is 0.157 e. The highest BCUT2D eigenvalue weighted by Crippen LogP contribution is 2.36. The summed E-state index contributed by atoms with van der Waals surface area (Å²) in [6.07, 6.45) is 1.74. The maximum absolute atomic E-state index is 9.45. The fourth-order valence-corrected chi connectivity index (χ4v) is 3.33. The standard InChI is InChI=1S/C22H14Cl3NO/c23-19-9-5-4-8-17(19)14-27-22-20(24)11-15(12-21(22)25)10-18(13-26)16-6-2-1-3-7-16/h1-12H,14H2/b18-10+. The van der Waals surface area contributed by atoms with Crippen LogP contribution in [0.1, 0.15) is 16.7 Å². The number of ether oxygens (including phenoxy) is 1. The van der Waals surface area contributed by atoms with Crippen LogP contribution < -0.4 is 4.74 Å². The van der Waals surface area contributed by atoms with E-state index in [1.165, 1.54) is 0 Å². The molecule has 0 heterocycles. The van der Waals surface area contributed by atoms with Crippen LogP contribution in [0.5, 0.6) is 5.75 Å². The van der Waals surface area contributed by atoms with E-state index in [0.29, 0.717) is 26.4 Å². The highest BCUT2D eigenvalue weighted by molar-refractivity contribution is 6.37. The number of allylic oxidation sites excluding steroid dienone is 1. The number of benzene rings is 3. The van der Waals surface area contributed by atoms with Gasteiger partial charge in [0, 0.05) is 10.6 Å². The van der Waals surface area contributed by atoms with E-state index in [4.69, 9.17) is 39.5 Å². The van der Waals surface area contributed by atoms with Gasteiger partial charge in [0.15, 0.2) is 5.75 Å². The molecule has 0 radical (unpaired) electrons. The molecule has 0 fully saturated rings. The summed E-state index contributed by atoms with van der Waals surface area (Å²) in [5.74, 6) is 0.383. The van der Waals surface area contributed by atoms with Gasteiger partial charge in [0.1, 0.15) is 6.61 Å². The number of nitriles is 1. The summed E-state index contributed by atoms with van der Waals surface area (Å²) in [6, 6.07) is 22.5. The van der Waals surface area contributed by atoms with E-state index >= 15 is 0 Å². The third-order valence-electron chi connectivity index (χ3n) is 3.87. The fraction of sp³-hybridized carbons (Fsp3) is 0.0455. The molecule has 0 aromatic heterocycles. The van der Waals surface area contributed by atoms with Crippen LogP contribution in [0.3, 0.4) is 0 Å². The third-order valence-corrected chi connectivity index (χ3v) is 4.80. The van der Waals surface area contributed by atoms with Gasteiger partial charge in [0.05, 0.1) is 21.7 Å². The molecular weight excluding hydrogens is 401 g/mol. The number of hydrogen-bond acceptors (Lipinski definition) is 2. The molecule has 0 aliphatic carbocycles. The lowest BCUT2D eigenvalue weighted by molar-refractivity contribution is 0.306. The topological polar surface area (TPSA) is 33.0 Å². The molecule has 0 atom stereocenters. The number of hydrogen-bond donors (Lipinski definition) is 0. The van der Waals surface area contributed by atoms with Crippen molar-refractivity contribution in [3.05, 3.63) is 98.5 Å². The smallest absolute Gasteiger partial charge is 0.157 e. The monoisotopic (exact) mass is 413 g/mol. The van der Waals surface area contributed by atoms with Gasteiger partial charge < -0.3 is 4.74 Å². The van der Waals surface area contributed by atoms with Crippen LogP contribution in [0, 0.1) is 11.3 Å². The van der Waals surface area contributed by atoms with Gasteiger partial charge in [-0.2, -0.15) is 5.26 Å². The van der Waals surface area contributed by atoms with Gasteiger partial charge in [0.2, 0.25) is 0 Å². The Kier molecular flexibility index (Phi) is 6.42. The summed E-state index contributed by atoms with van der Waals surface area (Å²) >= 11 is 18.9. The van der Waals surface area contributed by atoms with Gasteiger partial charge in [-0.3, -0.25) is 0 Å². The molecular formula is C22H14Cl3NO. The molecule has 0 bridgehead atoms. The summed E-state index contributed by atoms with van der Waals surface area (Å²) in [5.41, 5.74) is 2.90. The van der Waals surface area contributed by atoms with E-state index in [1.807, 2.05) is 48.5 Å². The quantitative estimate of drug-likeness (QED) is 0.324. The van der Waals surface area contributed by atoms with Crippen LogP contribution in [0.4, 0.5) is 0 Å². The average molecular weight is 415 g/mol. The lowest BCUT2D eigenvalue weighted by Crippen LogP contribution is -1.97. The van der Waals surface area contributed by atoms with E-state index in [1.54, 1.807) is 24.3 Å². The summed E-state index contributed by atoms with van der Waals surface area (Å²) in [7, 11) is 0. The predicted octanol–water partition coefficient (Wildman–Crippen LogP) is 7.29. The van der Waals surface area contributed by atoms with Crippen LogP contribution in [0.15, 0.2) is 66.7 Å². The minimum Gasteiger partial charge on any atom is -0.486 e.